The molecule has 1 heteroatoms. The molecular formula is C10H15F. The molecule has 0 bridgehead atoms. The van der Waals surface area contributed by atoms with Crippen molar-refractivity contribution in [3.05, 3.63) is 36.0 Å². The largest absolute Gasteiger partial charge is 0.246 e. The fourth-order valence-corrected chi connectivity index (χ4v) is 0.784. The van der Waals surface area contributed by atoms with E-state index >= 15 is 0 Å². The average Bonchev–Trinajstić information content (AvgIpc) is 2.05. The zero-order chi connectivity index (χ0) is 8.69. The maximum absolute atomic E-state index is 12.1. The van der Waals surface area contributed by atoms with Gasteiger partial charge in [0.25, 0.3) is 0 Å². The number of alkyl halides is 1. The van der Waals surface area contributed by atoms with E-state index in [-0.39, 0.29) is 0 Å². The van der Waals surface area contributed by atoms with Gasteiger partial charge in [-0.2, -0.15) is 0 Å². The minimum Gasteiger partial charge on any atom is -0.246 e. The van der Waals surface area contributed by atoms with E-state index in [4.69, 9.17) is 0 Å². The summed E-state index contributed by atoms with van der Waals surface area (Å²) in [5.41, 5.74) is 1.58. The molecule has 0 aliphatic heterocycles. The van der Waals surface area contributed by atoms with Gasteiger partial charge in [0.2, 0.25) is 0 Å². The summed E-state index contributed by atoms with van der Waals surface area (Å²) in [6, 6.07) is 0. The first-order valence-electron chi connectivity index (χ1n) is 3.82. The minimum absolute atomic E-state index is 0.447. The van der Waals surface area contributed by atoms with Gasteiger partial charge in [0.1, 0.15) is 6.67 Å². The van der Waals surface area contributed by atoms with Crippen molar-refractivity contribution in [2.24, 2.45) is 0 Å². The van der Waals surface area contributed by atoms with Crippen LogP contribution in [0, 0.1) is 0 Å². The van der Waals surface area contributed by atoms with Crippen LogP contribution in [0.2, 0.25) is 0 Å². The summed E-state index contributed by atoms with van der Waals surface area (Å²) in [4.78, 5) is 0. The van der Waals surface area contributed by atoms with Gasteiger partial charge < -0.3 is 0 Å². The van der Waals surface area contributed by atoms with E-state index < -0.39 is 6.67 Å². The quantitative estimate of drug-likeness (QED) is 0.544. The SMILES string of the molecule is C=C(CF)/C(=C\C=C/C)CC. The van der Waals surface area contributed by atoms with Crippen LogP contribution in [-0.4, -0.2) is 6.67 Å². The molecule has 0 radical (unpaired) electrons. The number of allylic oxidation sites excluding steroid dienone is 5. The summed E-state index contributed by atoms with van der Waals surface area (Å²) in [7, 11) is 0. The van der Waals surface area contributed by atoms with Crippen molar-refractivity contribution >= 4 is 0 Å². The molecule has 0 aliphatic rings. The molecule has 0 saturated carbocycles. The van der Waals surface area contributed by atoms with Crippen LogP contribution in [-0.2, 0) is 0 Å². The first-order chi connectivity index (χ1) is 5.26. The molecule has 11 heavy (non-hydrogen) atoms. The molecule has 0 fully saturated rings. The number of hydrogen-bond acceptors (Lipinski definition) is 0. The van der Waals surface area contributed by atoms with Gasteiger partial charge in [-0.15, -0.1) is 0 Å². The number of rotatable bonds is 4. The summed E-state index contributed by atoms with van der Waals surface area (Å²) < 4.78 is 12.1. The molecule has 0 amide bonds. The summed E-state index contributed by atoms with van der Waals surface area (Å²) in [5, 5.41) is 0. The lowest BCUT2D eigenvalue weighted by molar-refractivity contribution is 0.545. The molecule has 0 aromatic heterocycles. The minimum atomic E-state index is -0.447. The van der Waals surface area contributed by atoms with E-state index in [1.165, 1.54) is 0 Å². The predicted octanol–water partition coefficient (Wildman–Crippen LogP) is 3.42. The third-order valence-electron chi connectivity index (χ3n) is 1.49. The summed E-state index contributed by atoms with van der Waals surface area (Å²) in [5.74, 6) is 0. The Bertz CT molecular complexity index is 175. The Kier molecular flexibility index (Phi) is 5.44. The van der Waals surface area contributed by atoms with Gasteiger partial charge in [-0.3, -0.25) is 0 Å². The fourth-order valence-electron chi connectivity index (χ4n) is 0.784. The summed E-state index contributed by atoms with van der Waals surface area (Å²) in [6.07, 6.45) is 6.57. The van der Waals surface area contributed by atoms with E-state index in [1.807, 2.05) is 32.1 Å². The topological polar surface area (TPSA) is 0 Å². The normalized spacial score (nSPS) is 12.5. The Labute approximate surface area is 68.1 Å². The lowest BCUT2D eigenvalue weighted by atomic mass is 10.1. The van der Waals surface area contributed by atoms with Gasteiger partial charge in [0.15, 0.2) is 0 Å². The monoisotopic (exact) mass is 154 g/mol. The van der Waals surface area contributed by atoms with Gasteiger partial charge >= 0.3 is 0 Å². The average molecular weight is 154 g/mol. The zero-order valence-electron chi connectivity index (χ0n) is 7.23. The van der Waals surface area contributed by atoms with Crippen molar-refractivity contribution in [2.45, 2.75) is 20.3 Å². The molecule has 0 spiro atoms. The molecule has 0 aromatic carbocycles. The van der Waals surface area contributed by atoms with Crippen molar-refractivity contribution in [1.29, 1.82) is 0 Å². The smallest absolute Gasteiger partial charge is 0.114 e. The maximum Gasteiger partial charge on any atom is 0.114 e. The Balaban J connectivity index is 4.26. The van der Waals surface area contributed by atoms with Crippen LogP contribution in [0.4, 0.5) is 4.39 Å². The van der Waals surface area contributed by atoms with Crippen molar-refractivity contribution in [2.75, 3.05) is 6.67 Å². The summed E-state index contributed by atoms with van der Waals surface area (Å²) in [6.45, 7) is 7.10. The van der Waals surface area contributed by atoms with Crippen molar-refractivity contribution in [3.8, 4) is 0 Å². The molecule has 0 unspecified atom stereocenters. The van der Waals surface area contributed by atoms with E-state index in [1.54, 1.807) is 0 Å². The Hall–Kier alpha value is -0.850. The van der Waals surface area contributed by atoms with Crippen LogP contribution in [0.5, 0.6) is 0 Å². The first kappa shape index (κ1) is 10.2. The highest BCUT2D eigenvalue weighted by atomic mass is 19.1. The molecule has 0 nitrogen and oxygen atoms in total. The Morgan fingerprint density at radius 3 is 2.55 bits per heavy atom. The first-order valence-corrected chi connectivity index (χ1v) is 3.82. The molecular weight excluding hydrogens is 139 g/mol. The highest BCUT2D eigenvalue weighted by molar-refractivity contribution is 5.31. The van der Waals surface area contributed by atoms with Gasteiger partial charge in [-0.1, -0.05) is 31.7 Å². The molecule has 0 saturated heterocycles. The highest BCUT2D eigenvalue weighted by Gasteiger charge is 1.96. The van der Waals surface area contributed by atoms with Gasteiger partial charge in [0.05, 0.1) is 0 Å². The third kappa shape index (κ3) is 3.76. The standard InChI is InChI=1S/C10H15F/c1-4-6-7-10(5-2)9(3)8-11/h4,6-7H,3,5,8H2,1-2H3/b6-4-,10-7-. The maximum atomic E-state index is 12.1. The van der Waals surface area contributed by atoms with Crippen molar-refractivity contribution < 1.29 is 4.39 Å². The lowest BCUT2D eigenvalue weighted by Gasteiger charge is -2.01. The van der Waals surface area contributed by atoms with Crippen molar-refractivity contribution in [3.63, 3.8) is 0 Å². The number of hydrogen-bond donors (Lipinski definition) is 0. The van der Waals surface area contributed by atoms with Gasteiger partial charge in [-0.25, -0.2) is 4.39 Å². The fraction of sp³-hybridized carbons (Fsp3) is 0.400. The molecule has 0 N–H and O–H groups in total. The van der Waals surface area contributed by atoms with Gasteiger partial charge in [-0.05, 0) is 24.5 Å². The van der Waals surface area contributed by atoms with Crippen LogP contribution in [0.25, 0.3) is 0 Å². The van der Waals surface area contributed by atoms with Crippen molar-refractivity contribution in [1.82, 2.24) is 0 Å². The molecule has 0 atom stereocenters. The highest BCUT2D eigenvalue weighted by Crippen LogP contribution is 2.12. The Morgan fingerprint density at radius 2 is 2.18 bits per heavy atom. The molecule has 0 rings (SSSR count). The van der Waals surface area contributed by atoms with E-state index in [2.05, 4.69) is 6.58 Å². The molecule has 0 aromatic rings. The lowest BCUT2D eigenvalue weighted by Crippen LogP contribution is -1.87. The second-order valence-electron chi connectivity index (χ2n) is 2.31. The third-order valence-corrected chi connectivity index (χ3v) is 1.49. The molecule has 0 heterocycles. The van der Waals surface area contributed by atoms with Crippen LogP contribution in [0.3, 0.4) is 0 Å². The molecule has 62 valence electrons. The van der Waals surface area contributed by atoms with E-state index in [9.17, 15) is 4.39 Å². The summed E-state index contributed by atoms with van der Waals surface area (Å²) >= 11 is 0. The zero-order valence-corrected chi connectivity index (χ0v) is 7.23. The predicted molar refractivity (Wildman–Crippen MR) is 48.3 cm³/mol. The number of halogens is 1. The Morgan fingerprint density at radius 1 is 1.55 bits per heavy atom. The van der Waals surface area contributed by atoms with Crippen LogP contribution in [0.15, 0.2) is 36.0 Å². The second kappa shape index (κ2) is 5.90. The van der Waals surface area contributed by atoms with Crippen LogP contribution >= 0.6 is 0 Å². The van der Waals surface area contributed by atoms with E-state index in [0.717, 1.165) is 12.0 Å². The van der Waals surface area contributed by atoms with E-state index in [0.29, 0.717) is 5.57 Å². The van der Waals surface area contributed by atoms with Crippen LogP contribution in [0.1, 0.15) is 20.3 Å². The molecule has 0 aliphatic carbocycles. The second-order valence-corrected chi connectivity index (χ2v) is 2.31. The van der Waals surface area contributed by atoms with Gasteiger partial charge in [0, 0.05) is 0 Å². The van der Waals surface area contributed by atoms with Crippen LogP contribution < -0.4 is 0 Å².